The molecule has 1 aliphatic heterocycles. The van der Waals surface area contributed by atoms with Crippen LogP contribution in [0.4, 0.5) is 0 Å². The Hall–Kier alpha value is -2.86. The number of carbonyl (C=O) groups is 1. The molecule has 28 heavy (non-hydrogen) atoms. The van der Waals surface area contributed by atoms with Crippen LogP contribution in [0.3, 0.4) is 0 Å². The standard InChI is InChI=1S/C22H27N3O3/c1-17-4-6-19(7-5-17)16-24-10-12-25(13-11-24)23-15-20-8-9-21(28-18(2)26)22(14-20)27-3/h4-9,14-15H,10-13,16H2,1-3H3/b23-15+. The van der Waals surface area contributed by atoms with Crippen molar-refractivity contribution >= 4 is 12.2 Å². The van der Waals surface area contributed by atoms with E-state index in [1.807, 2.05) is 18.3 Å². The summed E-state index contributed by atoms with van der Waals surface area (Å²) in [7, 11) is 1.55. The third-order valence-corrected chi connectivity index (χ3v) is 4.69. The number of hydrazone groups is 1. The second-order valence-electron chi connectivity index (χ2n) is 6.96. The first-order valence-electron chi connectivity index (χ1n) is 9.47. The van der Waals surface area contributed by atoms with Gasteiger partial charge in [-0.2, -0.15) is 5.10 Å². The molecule has 0 amide bonds. The molecule has 2 aromatic rings. The smallest absolute Gasteiger partial charge is 0.308 e. The summed E-state index contributed by atoms with van der Waals surface area (Å²) in [6.07, 6.45) is 1.82. The van der Waals surface area contributed by atoms with E-state index in [9.17, 15) is 4.79 Å². The lowest BCUT2D eigenvalue weighted by Crippen LogP contribution is -2.43. The van der Waals surface area contributed by atoms with Crippen LogP contribution < -0.4 is 9.47 Å². The molecule has 3 rings (SSSR count). The second-order valence-corrected chi connectivity index (χ2v) is 6.96. The van der Waals surface area contributed by atoms with Crippen molar-refractivity contribution in [2.75, 3.05) is 33.3 Å². The average molecular weight is 381 g/mol. The normalized spacial score (nSPS) is 15.0. The first-order chi connectivity index (χ1) is 13.5. The monoisotopic (exact) mass is 381 g/mol. The van der Waals surface area contributed by atoms with Gasteiger partial charge in [0, 0.05) is 39.6 Å². The Morgan fingerprint density at radius 2 is 1.79 bits per heavy atom. The van der Waals surface area contributed by atoms with Crippen molar-refractivity contribution in [1.29, 1.82) is 0 Å². The second kappa shape index (κ2) is 9.37. The van der Waals surface area contributed by atoms with Gasteiger partial charge in [-0.3, -0.25) is 14.7 Å². The van der Waals surface area contributed by atoms with E-state index >= 15 is 0 Å². The largest absolute Gasteiger partial charge is 0.493 e. The summed E-state index contributed by atoms with van der Waals surface area (Å²) in [5, 5.41) is 6.67. The van der Waals surface area contributed by atoms with Gasteiger partial charge in [-0.15, -0.1) is 0 Å². The van der Waals surface area contributed by atoms with Crippen molar-refractivity contribution in [3.05, 3.63) is 59.2 Å². The van der Waals surface area contributed by atoms with E-state index in [2.05, 4.69) is 46.2 Å². The van der Waals surface area contributed by atoms with Crippen molar-refractivity contribution in [3.63, 3.8) is 0 Å². The molecule has 0 aliphatic carbocycles. The van der Waals surface area contributed by atoms with Gasteiger partial charge in [0.15, 0.2) is 11.5 Å². The van der Waals surface area contributed by atoms with Crippen molar-refractivity contribution < 1.29 is 14.3 Å². The molecule has 2 aromatic carbocycles. The van der Waals surface area contributed by atoms with Crippen molar-refractivity contribution in [2.45, 2.75) is 20.4 Å². The Bertz CT molecular complexity index is 825. The van der Waals surface area contributed by atoms with Gasteiger partial charge in [-0.05, 0) is 36.2 Å². The molecule has 1 fully saturated rings. The molecule has 0 aromatic heterocycles. The fourth-order valence-electron chi connectivity index (χ4n) is 3.11. The molecular weight excluding hydrogens is 354 g/mol. The van der Waals surface area contributed by atoms with E-state index in [1.165, 1.54) is 18.1 Å². The average Bonchev–Trinajstić information content (AvgIpc) is 2.69. The van der Waals surface area contributed by atoms with Crippen molar-refractivity contribution in [2.24, 2.45) is 5.10 Å². The summed E-state index contributed by atoms with van der Waals surface area (Å²) >= 11 is 0. The molecule has 0 bridgehead atoms. The molecule has 0 N–H and O–H groups in total. The van der Waals surface area contributed by atoms with Gasteiger partial charge in [0.1, 0.15) is 0 Å². The number of piperazine rings is 1. The van der Waals surface area contributed by atoms with Crippen LogP contribution in [0.15, 0.2) is 47.6 Å². The van der Waals surface area contributed by atoms with Crippen molar-refractivity contribution in [3.8, 4) is 11.5 Å². The first-order valence-corrected chi connectivity index (χ1v) is 9.47. The number of carbonyl (C=O) groups excluding carboxylic acids is 1. The summed E-state index contributed by atoms with van der Waals surface area (Å²) in [6, 6.07) is 14.1. The zero-order valence-electron chi connectivity index (χ0n) is 16.7. The Morgan fingerprint density at radius 3 is 2.43 bits per heavy atom. The Morgan fingerprint density at radius 1 is 1.07 bits per heavy atom. The molecule has 0 radical (unpaired) electrons. The maximum atomic E-state index is 11.1. The molecule has 1 aliphatic rings. The molecule has 0 unspecified atom stereocenters. The SMILES string of the molecule is COc1cc(/C=N/N2CCN(Cc3ccc(C)cc3)CC2)ccc1OC(C)=O. The van der Waals surface area contributed by atoms with E-state index in [1.54, 1.807) is 13.2 Å². The van der Waals surface area contributed by atoms with Crippen LogP contribution in [-0.2, 0) is 11.3 Å². The molecule has 6 nitrogen and oxygen atoms in total. The van der Waals surface area contributed by atoms with Crippen LogP contribution in [0.25, 0.3) is 0 Å². The van der Waals surface area contributed by atoms with E-state index in [0.717, 1.165) is 38.3 Å². The van der Waals surface area contributed by atoms with Gasteiger partial charge < -0.3 is 9.47 Å². The van der Waals surface area contributed by atoms with Crippen LogP contribution in [0, 0.1) is 6.92 Å². The zero-order chi connectivity index (χ0) is 19.9. The maximum Gasteiger partial charge on any atom is 0.308 e. The molecule has 148 valence electrons. The molecule has 0 saturated carbocycles. The number of esters is 1. The predicted molar refractivity (Wildman–Crippen MR) is 110 cm³/mol. The van der Waals surface area contributed by atoms with Crippen LogP contribution >= 0.6 is 0 Å². The van der Waals surface area contributed by atoms with Crippen LogP contribution in [0.2, 0.25) is 0 Å². The predicted octanol–water partition coefficient (Wildman–Crippen LogP) is 3.08. The fraction of sp³-hybridized carbons (Fsp3) is 0.364. The third-order valence-electron chi connectivity index (χ3n) is 4.69. The van der Waals surface area contributed by atoms with Crippen LogP contribution in [0.1, 0.15) is 23.6 Å². The third kappa shape index (κ3) is 5.57. The molecule has 1 heterocycles. The van der Waals surface area contributed by atoms with E-state index in [4.69, 9.17) is 9.47 Å². The minimum atomic E-state index is -0.372. The van der Waals surface area contributed by atoms with Gasteiger partial charge in [0.2, 0.25) is 0 Å². The van der Waals surface area contributed by atoms with E-state index < -0.39 is 0 Å². The summed E-state index contributed by atoms with van der Waals surface area (Å²) in [5.74, 6) is 0.558. The topological polar surface area (TPSA) is 54.4 Å². The number of methoxy groups -OCH3 is 1. The highest BCUT2D eigenvalue weighted by molar-refractivity contribution is 5.81. The molecule has 6 heteroatoms. The Kier molecular flexibility index (Phi) is 6.66. The molecular formula is C22H27N3O3. The lowest BCUT2D eigenvalue weighted by atomic mass is 10.1. The lowest BCUT2D eigenvalue weighted by Gasteiger charge is -2.33. The minimum absolute atomic E-state index is 0.372. The van der Waals surface area contributed by atoms with Gasteiger partial charge >= 0.3 is 5.97 Å². The quantitative estimate of drug-likeness (QED) is 0.437. The molecule has 0 atom stereocenters. The number of hydrogen-bond donors (Lipinski definition) is 0. The fourth-order valence-corrected chi connectivity index (χ4v) is 3.11. The van der Waals surface area contributed by atoms with Crippen LogP contribution in [-0.4, -0.2) is 55.4 Å². The number of benzene rings is 2. The molecule has 0 spiro atoms. The van der Waals surface area contributed by atoms with Gasteiger partial charge in [0.05, 0.1) is 13.3 Å². The van der Waals surface area contributed by atoms with Gasteiger partial charge in [0.25, 0.3) is 0 Å². The minimum Gasteiger partial charge on any atom is -0.493 e. The number of ether oxygens (including phenoxy) is 2. The highest BCUT2D eigenvalue weighted by Gasteiger charge is 2.15. The highest BCUT2D eigenvalue weighted by atomic mass is 16.6. The number of nitrogens with zero attached hydrogens (tertiary/aromatic N) is 3. The number of rotatable bonds is 6. The summed E-state index contributed by atoms with van der Waals surface area (Å²) in [6.45, 7) is 8.22. The first kappa shape index (κ1) is 19.9. The van der Waals surface area contributed by atoms with E-state index in [0.29, 0.717) is 11.5 Å². The Balaban J connectivity index is 1.53. The highest BCUT2D eigenvalue weighted by Crippen LogP contribution is 2.27. The zero-order valence-corrected chi connectivity index (χ0v) is 16.7. The van der Waals surface area contributed by atoms with Crippen LogP contribution in [0.5, 0.6) is 11.5 Å². The maximum absolute atomic E-state index is 11.1. The number of hydrogen-bond acceptors (Lipinski definition) is 6. The summed E-state index contributed by atoms with van der Waals surface area (Å²) in [4.78, 5) is 13.6. The lowest BCUT2D eigenvalue weighted by molar-refractivity contribution is -0.132. The van der Waals surface area contributed by atoms with E-state index in [-0.39, 0.29) is 5.97 Å². The van der Waals surface area contributed by atoms with Gasteiger partial charge in [-0.1, -0.05) is 29.8 Å². The van der Waals surface area contributed by atoms with Crippen molar-refractivity contribution in [1.82, 2.24) is 9.91 Å². The number of aryl methyl sites for hydroxylation is 1. The summed E-state index contributed by atoms with van der Waals surface area (Å²) < 4.78 is 10.4. The summed E-state index contributed by atoms with van der Waals surface area (Å²) in [5.41, 5.74) is 3.54. The molecule has 1 saturated heterocycles. The van der Waals surface area contributed by atoms with Gasteiger partial charge in [-0.25, -0.2) is 0 Å². The Labute approximate surface area is 166 Å².